The first-order chi connectivity index (χ1) is 6.14. The second-order valence-electron chi connectivity index (χ2n) is 3.65. The second-order valence-corrected chi connectivity index (χ2v) is 4.69. The van der Waals surface area contributed by atoms with Crippen molar-refractivity contribution in [2.75, 3.05) is 13.7 Å². The molecule has 13 heavy (non-hydrogen) atoms. The normalized spacial score (nSPS) is 15.6. The highest BCUT2D eigenvalue weighted by Gasteiger charge is 2.18. The van der Waals surface area contributed by atoms with Crippen molar-refractivity contribution in [1.29, 1.82) is 0 Å². The summed E-state index contributed by atoms with van der Waals surface area (Å²) in [6.07, 6.45) is 1.84. The maximum Gasteiger partial charge on any atom is 0.0479 e. The Balaban J connectivity index is 2.42. The van der Waals surface area contributed by atoms with Crippen molar-refractivity contribution in [3.05, 3.63) is 22.4 Å². The van der Waals surface area contributed by atoms with Crippen molar-refractivity contribution in [3.63, 3.8) is 0 Å². The van der Waals surface area contributed by atoms with Crippen LogP contribution in [0.1, 0.15) is 18.2 Å². The Morgan fingerprint density at radius 1 is 1.62 bits per heavy atom. The Hall–Kier alpha value is -0.380. The monoisotopic (exact) mass is 199 g/mol. The van der Waals surface area contributed by atoms with Crippen LogP contribution in [0.5, 0.6) is 0 Å². The Kier molecular flexibility index (Phi) is 3.90. The SMILES string of the molecule is COCCC(C)(N)Cc1cccs1. The van der Waals surface area contributed by atoms with Crippen molar-refractivity contribution < 1.29 is 4.74 Å². The first-order valence-electron chi connectivity index (χ1n) is 4.44. The summed E-state index contributed by atoms with van der Waals surface area (Å²) in [7, 11) is 1.71. The first kappa shape index (κ1) is 10.7. The van der Waals surface area contributed by atoms with Gasteiger partial charge >= 0.3 is 0 Å². The van der Waals surface area contributed by atoms with E-state index in [0.29, 0.717) is 0 Å². The zero-order valence-electron chi connectivity index (χ0n) is 8.25. The van der Waals surface area contributed by atoms with Crippen LogP contribution >= 0.6 is 11.3 Å². The Morgan fingerprint density at radius 3 is 2.92 bits per heavy atom. The minimum absolute atomic E-state index is 0.138. The number of methoxy groups -OCH3 is 1. The molecule has 0 fully saturated rings. The molecule has 1 unspecified atom stereocenters. The third-order valence-electron chi connectivity index (χ3n) is 2.04. The lowest BCUT2D eigenvalue weighted by molar-refractivity contribution is 0.172. The summed E-state index contributed by atoms with van der Waals surface area (Å²) in [5.74, 6) is 0. The summed E-state index contributed by atoms with van der Waals surface area (Å²) in [6, 6.07) is 4.19. The van der Waals surface area contributed by atoms with E-state index < -0.39 is 0 Å². The van der Waals surface area contributed by atoms with Gasteiger partial charge in [0.1, 0.15) is 0 Å². The highest BCUT2D eigenvalue weighted by atomic mass is 32.1. The van der Waals surface area contributed by atoms with E-state index in [1.54, 1.807) is 18.4 Å². The molecule has 0 aliphatic heterocycles. The molecule has 0 saturated carbocycles. The average molecular weight is 199 g/mol. The summed E-state index contributed by atoms with van der Waals surface area (Å²) in [4.78, 5) is 1.35. The highest BCUT2D eigenvalue weighted by molar-refractivity contribution is 7.09. The molecule has 74 valence electrons. The van der Waals surface area contributed by atoms with Gasteiger partial charge in [-0.15, -0.1) is 11.3 Å². The fraction of sp³-hybridized carbons (Fsp3) is 0.600. The molecule has 0 saturated heterocycles. The van der Waals surface area contributed by atoms with Crippen LogP contribution in [0, 0.1) is 0 Å². The third kappa shape index (κ3) is 3.89. The summed E-state index contributed by atoms with van der Waals surface area (Å²) in [5, 5.41) is 2.09. The van der Waals surface area contributed by atoms with Gasteiger partial charge in [-0.05, 0) is 31.2 Å². The van der Waals surface area contributed by atoms with Gasteiger partial charge in [0.05, 0.1) is 0 Å². The van der Waals surface area contributed by atoms with E-state index in [2.05, 4.69) is 24.4 Å². The smallest absolute Gasteiger partial charge is 0.0479 e. The number of hydrogen-bond acceptors (Lipinski definition) is 3. The van der Waals surface area contributed by atoms with Gasteiger partial charge < -0.3 is 10.5 Å². The van der Waals surface area contributed by atoms with Crippen LogP contribution in [0.15, 0.2) is 17.5 Å². The molecule has 2 nitrogen and oxygen atoms in total. The second kappa shape index (κ2) is 4.74. The van der Waals surface area contributed by atoms with Crippen molar-refractivity contribution in [1.82, 2.24) is 0 Å². The van der Waals surface area contributed by atoms with Crippen LogP contribution in [-0.4, -0.2) is 19.3 Å². The molecule has 0 aliphatic carbocycles. The van der Waals surface area contributed by atoms with Crippen LogP contribution in [0.25, 0.3) is 0 Å². The third-order valence-corrected chi connectivity index (χ3v) is 2.91. The standard InChI is InChI=1S/C10H17NOS/c1-10(11,5-6-12-2)8-9-4-3-7-13-9/h3-4,7H,5-6,8,11H2,1-2H3. The molecule has 0 bridgehead atoms. The van der Waals surface area contributed by atoms with Gasteiger partial charge in [0, 0.05) is 24.1 Å². The number of ether oxygens (including phenoxy) is 1. The molecule has 1 heterocycles. The van der Waals surface area contributed by atoms with E-state index >= 15 is 0 Å². The van der Waals surface area contributed by atoms with Gasteiger partial charge in [-0.3, -0.25) is 0 Å². The lowest BCUT2D eigenvalue weighted by Crippen LogP contribution is -2.39. The molecule has 1 aromatic heterocycles. The molecule has 0 amide bonds. The van der Waals surface area contributed by atoms with E-state index in [-0.39, 0.29) is 5.54 Å². The summed E-state index contributed by atoms with van der Waals surface area (Å²) in [5.41, 5.74) is 5.98. The fourth-order valence-electron chi connectivity index (χ4n) is 1.23. The van der Waals surface area contributed by atoms with Crippen LogP contribution in [0.2, 0.25) is 0 Å². The lowest BCUT2D eigenvalue weighted by atomic mass is 9.95. The van der Waals surface area contributed by atoms with E-state index in [4.69, 9.17) is 10.5 Å². The van der Waals surface area contributed by atoms with Gasteiger partial charge in [0.25, 0.3) is 0 Å². The Labute approximate surface area is 83.7 Å². The zero-order chi connectivity index (χ0) is 9.73. The number of rotatable bonds is 5. The first-order valence-corrected chi connectivity index (χ1v) is 5.32. The maximum absolute atomic E-state index is 6.12. The predicted octanol–water partition coefficient (Wildman–Crippen LogP) is 2.04. The Morgan fingerprint density at radius 2 is 2.38 bits per heavy atom. The van der Waals surface area contributed by atoms with Gasteiger partial charge in [0.15, 0.2) is 0 Å². The minimum atomic E-state index is -0.138. The average Bonchev–Trinajstić information content (AvgIpc) is 2.52. The van der Waals surface area contributed by atoms with E-state index in [1.807, 2.05) is 0 Å². The van der Waals surface area contributed by atoms with Crippen LogP contribution in [0.4, 0.5) is 0 Å². The molecule has 0 aromatic carbocycles. The summed E-state index contributed by atoms with van der Waals surface area (Å²) in [6.45, 7) is 2.81. The molecule has 0 aliphatic rings. The topological polar surface area (TPSA) is 35.2 Å². The molecular formula is C10H17NOS. The van der Waals surface area contributed by atoms with Gasteiger partial charge in [-0.1, -0.05) is 6.07 Å². The molecule has 3 heteroatoms. The van der Waals surface area contributed by atoms with E-state index in [9.17, 15) is 0 Å². The maximum atomic E-state index is 6.12. The van der Waals surface area contributed by atoms with Crippen molar-refractivity contribution in [2.24, 2.45) is 5.73 Å². The largest absolute Gasteiger partial charge is 0.385 e. The van der Waals surface area contributed by atoms with Gasteiger partial charge in [0.2, 0.25) is 0 Å². The van der Waals surface area contributed by atoms with Crippen molar-refractivity contribution >= 4 is 11.3 Å². The van der Waals surface area contributed by atoms with Crippen LogP contribution in [-0.2, 0) is 11.2 Å². The number of hydrogen-bond donors (Lipinski definition) is 1. The summed E-state index contributed by atoms with van der Waals surface area (Å²) >= 11 is 1.76. The number of thiophene rings is 1. The Bertz CT molecular complexity index is 231. The molecule has 1 rings (SSSR count). The van der Waals surface area contributed by atoms with Crippen molar-refractivity contribution in [2.45, 2.75) is 25.3 Å². The molecular weight excluding hydrogens is 182 g/mol. The van der Waals surface area contributed by atoms with Gasteiger partial charge in [-0.25, -0.2) is 0 Å². The number of nitrogens with two attached hydrogens (primary N) is 1. The zero-order valence-corrected chi connectivity index (χ0v) is 9.06. The molecule has 1 aromatic rings. The fourth-order valence-corrected chi connectivity index (χ4v) is 2.14. The lowest BCUT2D eigenvalue weighted by Gasteiger charge is -2.23. The van der Waals surface area contributed by atoms with Crippen LogP contribution in [0.3, 0.4) is 0 Å². The van der Waals surface area contributed by atoms with E-state index in [0.717, 1.165) is 19.4 Å². The molecule has 1 atom stereocenters. The highest BCUT2D eigenvalue weighted by Crippen LogP contribution is 2.18. The minimum Gasteiger partial charge on any atom is -0.385 e. The molecule has 2 N–H and O–H groups in total. The molecule has 0 radical (unpaired) electrons. The summed E-state index contributed by atoms with van der Waals surface area (Å²) < 4.78 is 5.02. The van der Waals surface area contributed by atoms with Gasteiger partial charge in [-0.2, -0.15) is 0 Å². The van der Waals surface area contributed by atoms with Crippen LogP contribution < -0.4 is 5.73 Å². The van der Waals surface area contributed by atoms with Crippen molar-refractivity contribution in [3.8, 4) is 0 Å². The quantitative estimate of drug-likeness (QED) is 0.787. The van der Waals surface area contributed by atoms with E-state index in [1.165, 1.54) is 4.88 Å². The molecule has 0 spiro atoms. The predicted molar refractivity (Wildman–Crippen MR) is 57.1 cm³/mol.